The minimum atomic E-state index is 0.208. The molecule has 0 bridgehead atoms. The van der Waals surface area contributed by atoms with Gasteiger partial charge in [0.15, 0.2) is 0 Å². The van der Waals surface area contributed by atoms with Crippen molar-refractivity contribution >= 4 is 16.6 Å². The maximum Gasteiger partial charge on any atom is 0.0947 e. The van der Waals surface area contributed by atoms with E-state index in [-0.39, 0.29) is 6.04 Å². The molecule has 0 saturated heterocycles. The minimum Gasteiger partial charge on any atom is -0.359 e. The van der Waals surface area contributed by atoms with Crippen molar-refractivity contribution in [3.05, 3.63) is 100 Å². The van der Waals surface area contributed by atoms with Crippen LogP contribution in [0.25, 0.3) is 10.9 Å². The monoisotopic (exact) mass is 380 g/mol. The molecule has 1 aliphatic heterocycles. The smallest absolute Gasteiger partial charge is 0.0947 e. The zero-order valence-electron chi connectivity index (χ0n) is 17.5. The average molecular weight is 381 g/mol. The average Bonchev–Trinajstić information content (AvgIpc) is 3.12. The number of anilines is 1. The lowest BCUT2D eigenvalue weighted by Gasteiger charge is -2.38. The van der Waals surface area contributed by atoms with Gasteiger partial charge in [0.2, 0.25) is 0 Å². The molecule has 0 fully saturated rings. The highest BCUT2D eigenvalue weighted by molar-refractivity contribution is 5.86. The fourth-order valence-electron chi connectivity index (χ4n) is 4.70. The SMILES string of the molecule is CCc1ccc(N2CCc3c([nH]c4ccc(C)cc34)C2c2ccc(C)cc2)cc1. The Balaban J connectivity index is 1.68. The Labute approximate surface area is 173 Å². The Hall–Kier alpha value is -3.00. The number of aryl methyl sites for hydroxylation is 3. The number of nitrogens with zero attached hydrogens (tertiary/aromatic N) is 1. The molecule has 146 valence electrons. The number of H-pyrrole nitrogens is 1. The van der Waals surface area contributed by atoms with Gasteiger partial charge >= 0.3 is 0 Å². The summed E-state index contributed by atoms with van der Waals surface area (Å²) in [6, 6.07) is 25.1. The van der Waals surface area contributed by atoms with Crippen molar-refractivity contribution < 1.29 is 0 Å². The van der Waals surface area contributed by atoms with Gasteiger partial charge in [-0.25, -0.2) is 0 Å². The molecule has 4 aromatic rings. The van der Waals surface area contributed by atoms with Crippen LogP contribution in [-0.2, 0) is 12.8 Å². The summed E-state index contributed by atoms with van der Waals surface area (Å²) in [7, 11) is 0. The zero-order chi connectivity index (χ0) is 20.0. The van der Waals surface area contributed by atoms with Crippen molar-refractivity contribution in [1.82, 2.24) is 4.98 Å². The summed E-state index contributed by atoms with van der Waals surface area (Å²) in [5, 5.41) is 1.39. The van der Waals surface area contributed by atoms with Crippen LogP contribution in [0.5, 0.6) is 0 Å². The molecule has 2 nitrogen and oxygen atoms in total. The van der Waals surface area contributed by atoms with Crippen molar-refractivity contribution in [2.24, 2.45) is 0 Å². The molecule has 1 aliphatic rings. The number of aromatic amines is 1. The molecule has 5 rings (SSSR count). The van der Waals surface area contributed by atoms with Crippen LogP contribution >= 0.6 is 0 Å². The van der Waals surface area contributed by atoms with Crippen LogP contribution in [0.4, 0.5) is 5.69 Å². The zero-order valence-corrected chi connectivity index (χ0v) is 17.5. The predicted molar refractivity (Wildman–Crippen MR) is 123 cm³/mol. The van der Waals surface area contributed by atoms with E-state index < -0.39 is 0 Å². The Morgan fingerprint density at radius 2 is 1.62 bits per heavy atom. The third-order valence-corrected chi connectivity index (χ3v) is 6.35. The van der Waals surface area contributed by atoms with Gasteiger partial charge in [-0.2, -0.15) is 0 Å². The van der Waals surface area contributed by atoms with Gasteiger partial charge < -0.3 is 9.88 Å². The summed E-state index contributed by atoms with van der Waals surface area (Å²) in [4.78, 5) is 6.35. The van der Waals surface area contributed by atoms with E-state index in [1.165, 1.54) is 50.1 Å². The number of benzene rings is 3. The third-order valence-electron chi connectivity index (χ3n) is 6.35. The molecule has 0 amide bonds. The van der Waals surface area contributed by atoms with Crippen molar-refractivity contribution in [3.63, 3.8) is 0 Å². The molecule has 1 N–H and O–H groups in total. The fraction of sp³-hybridized carbons (Fsp3) is 0.259. The molecule has 1 unspecified atom stereocenters. The second kappa shape index (κ2) is 7.11. The second-order valence-corrected chi connectivity index (χ2v) is 8.34. The lowest BCUT2D eigenvalue weighted by Crippen LogP contribution is -2.36. The largest absolute Gasteiger partial charge is 0.359 e. The van der Waals surface area contributed by atoms with E-state index in [9.17, 15) is 0 Å². The molecule has 3 aromatic carbocycles. The Kier molecular flexibility index (Phi) is 4.43. The number of hydrogen-bond acceptors (Lipinski definition) is 1. The highest BCUT2D eigenvalue weighted by Crippen LogP contribution is 2.41. The van der Waals surface area contributed by atoms with Gasteiger partial charge in [0, 0.05) is 28.8 Å². The fourth-order valence-corrected chi connectivity index (χ4v) is 4.70. The third kappa shape index (κ3) is 3.13. The maximum atomic E-state index is 3.79. The Morgan fingerprint density at radius 1 is 0.897 bits per heavy atom. The number of aromatic nitrogens is 1. The predicted octanol–water partition coefficient (Wildman–Crippen LogP) is 6.50. The highest BCUT2D eigenvalue weighted by Gasteiger charge is 2.31. The molecule has 2 heterocycles. The number of nitrogens with one attached hydrogen (secondary N) is 1. The normalized spacial score (nSPS) is 16.2. The van der Waals surface area contributed by atoms with Crippen LogP contribution in [-0.4, -0.2) is 11.5 Å². The standard InChI is InChI=1S/C27H28N2/c1-4-20-8-12-22(13-9-20)29-16-15-23-24-17-19(3)7-14-25(24)28-26(23)27(29)21-10-5-18(2)6-11-21/h5-14,17,27-28H,4,15-16H2,1-3H3. The minimum absolute atomic E-state index is 0.208. The molecule has 0 aliphatic carbocycles. The molecule has 1 atom stereocenters. The quantitative estimate of drug-likeness (QED) is 0.430. The van der Waals surface area contributed by atoms with Crippen LogP contribution < -0.4 is 4.90 Å². The molecule has 0 saturated carbocycles. The van der Waals surface area contributed by atoms with Gasteiger partial charge in [-0.15, -0.1) is 0 Å². The Morgan fingerprint density at radius 3 is 2.34 bits per heavy atom. The van der Waals surface area contributed by atoms with Crippen LogP contribution in [0.15, 0.2) is 66.7 Å². The molecular weight excluding hydrogens is 352 g/mol. The van der Waals surface area contributed by atoms with E-state index in [0.717, 1.165) is 19.4 Å². The topological polar surface area (TPSA) is 19.0 Å². The van der Waals surface area contributed by atoms with Crippen LogP contribution in [0.2, 0.25) is 0 Å². The van der Waals surface area contributed by atoms with E-state index in [2.05, 4.69) is 97.4 Å². The first-order chi connectivity index (χ1) is 14.1. The summed E-state index contributed by atoms with van der Waals surface area (Å²) in [6.07, 6.45) is 2.14. The maximum absolute atomic E-state index is 3.79. The highest BCUT2D eigenvalue weighted by atomic mass is 15.2. The van der Waals surface area contributed by atoms with E-state index in [1.807, 2.05) is 0 Å². The molecule has 1 aromatic heterocycles. The number of rotatable bonds is 3. The van der Waals surface area contributed by atoms with Gasteiger partial charge in [-0.3, -0.25) is 0 Å². The van der Waals surface area contributed by atoms with Crippen LogP contribution in [0.3, 0.4) is 0 Å². The number of hydrogen-bond donors (Lipinski definition) is 1. The van der Waals surface area contributed by atoms with Gasteiger partial charge in [0.25, 0.3) is 0 Å². The van der Waals surface area contributed by atoms with Crippen molar-refractivity contribution in [2.45, 2.75) is 39.7 Å². The first-order valence-electron chi connectivity index (χ1n) is 10.7. The first kappa shape index (κ1) is 18.1. The van der Waals surface area contributed by atoms with Crippen molar-refractivity contribution in [2.75, 3.05) is 11.4 Å². The van der Waals surface area contributed by atoms with Crippen LogP contribution in [0, 0.1) is 13.8 Å². The van der Waals surface area contributed by atoms with Gasteiger partial charge in [0.05, 0.1) is 6.04 Å². The van der Waals surface area contributed by atoms with Crippen LogP contribution in [0.1, 0.15) is 46.5 Å². The second-order valence-electron chi connectivity index (χ2n) is 8.34. The summed E-state index contributed by atoms with van der Waals surface area (Å²) in [5.41, 5.74) is 10.7. The Bertz CT molecular complexity index is 1150. The van der Waals surface area contributed by atoms with Gasteiger partial charge in [-0.1, -0.05) is 60.5 Å². The number of fused-ring (bicyclic) bond motifs is 3. The van der Waals surface area contributed by atoms with Gasteiger partial charge in [0.1, 0.15) is 0 Å². The molecule has 29 heavy (non-hydrogen) atoms. The van der Waals surface area contributed by atoms with E-state index in [4.69, 9.17) is 0 Å². The summed E-state index contributed by atoms with van der Waals surface area (Å²) >= 11 is 0. The lowest BCUT2D eigenvalue weighted by molar-refractivity contribution is 0.643. The molecule has 2 heteroatoms. The lowest BCUT2D eigenvalue weighted by atomic mass is 9.91. The van der Waals surface area contributed by atoms with Gasteiger partial charge in [-0.05, 0) is 67.6 Å². The molecule has 0 radical (unpaired) electrons. The first-order valence-corrected chi connectivity index (χ1v) is 10.7. The molecular formula is C27H28N2. The molecule has 0 spiro atoms. The van der Waals surface area contributed by atoms with Crippen molar-refractivity contribution in [3.8, 4) is 0 Å². The van der Waals surface area contributed by atoms with Crippen molar-refractivity contribution in [1.29, 1.82) is 0 Å². The summed E-state index contributed by atoms with van der Waals surface area (Å²) in [5.74, 6) is 0. The van der Waals surface area contributed by atoms with E-state index >= 15 is 0 Å². The summed E-state index contributed by atoms with van der Waals surface area (Å²) < 4.78 is 0. The summed E-state index contributed by atoms with van der Waals surface area (Å²) in [6.45, 7) is 7.57. The van der Waals surface area contributed by atoms with E-state index in [1.54, 1.807) is 0 Å². The van der Waals surface area contributed by atoms with E-state index in [0.29, 0.717) is 0 Å².